The number of ether oxygens (including phenoxy) is 4. The molecule has 4 aliphatic heterocycles. The minimum atomic E-state index is -0.555. The fourth-order valence-electron chi connectivity index (χ4n) is 13.4. The molecule has 0 amide bonds. The maximum atomic E-state index is 6.81. The molecule has 0 radical (unpaired) electrons. The second kappa shape index (κ2) is 17.1. The van der Waals surface area contributed by atoms with Crippen LogP contribution in [0.5, 0.6) is 11.5 Å². The van der Waals surface area contributed by atoms with E-state index in [9.17, 15) is 0 Å². The van der Waals surface area contributed by atoms with Crippen molar-refractivity contribution in [1.82, 2.24) is 25.8 Å². The van der Waals surface area contributed by atoms with Crippen LogP contribution in [0, 0.1) is 23.7 Å². The van der Waals surface area contributed by atoms with E-state index in [1.54, 1.807) is 14.2 Å². The van der Waals surface area contributed by atoms with Crippen LogP contribution in [0.1, 0.15) is 128 Å². The molecule has 2 aromatic rings. The van der Waals surface area contributed by atoms with Crippen LogP contribution in [-0.4, -0.2) is 98.9 Å². The van der Waals surface area contributed by atoms with Crippen molar-refractivity contribution in [2.24, 2.45) is 23.7 Å². The van der Waals surface area contributed by atoms with E-state index < -0.39 is 5.79 Å². The standard InChI is InChI=1S/C50H77N7O4/c1-48(2)60-44-34(26-42(45(44)61-48)57-23-19-39-46(52-31-53-47(39)57)51-29-33-14-16-38(58-5)28-43(33)59-6)30-56(4)37-24-32(25-37)18-22-50(35-12-9-7-8-10-13-35)54-40-17-15-36(27-41(40)55-50)49(3)20-11-21-49/h14-17,27-28,32,34-35,37,39,42,44-47,51-55H,7-13,18-26,29-31H2,1-6H3. The van der Waals surface area contributed by atoms with Crippen LogP contribution < -0.4 is 36.1 Å². The van der Waals surface area contributed by atoms with E-state index in [4.69, 9.17) is 18.9 Å². The van der Waals surface area contributed by atoms with E-state index in [1.807, 2.05) is 12.1 Å². The summed E-state index contributed by atoms with van der Waals surface area (Å²) >= 11 is 0. The van der Waals surface area contributed by atoms with Gasteiger partial charge in [-0.25, -0.2) is 0 Å². The first-order chi connectivity index (χ1) is 29.5. The Morgan fingerprint density at radius 3 is 2.39 bits per heavy atom. The summed E-state index contributed by atoms with van der Waals surface area (Å²) in [5, 5.41) is 19.8. The molecule has 4 aliphatic carbocycles. The van der Waals surface area contributed by atoms with Gasteiger partial charge >= 0.3 is 0 Å². The van der Waals surface area contributed by atoms with Crippen molar-refractivity contribution in [1.29, 1.82) is 0 Å². The van der Waals surface area contributed by atoms with Gasteiger partial charge in [-0.05, 0) is 120 Å². The lowest BCUT2D eigenvalue weighted by Crippen LogP contribution is -2.65. The number of likely N-dealkylation sites (tertiary alicyclic amines) is 1. The second-order valence-electron chi connectivity index (χ2n) is 21.4. The highest BCUT2D eigenvalue weighted by Gasteiger charge is 2.58. The Balaban J connectivity index is 0.753. The third-order valence-electron chi connectivity index (χ3n) is 17.3. The molecule has 0 spiro atoms. The zero-order valence-corrected chi connectivity index (χ0v) is 38.2. The molecule has 4 saturated carbocycles. The minimum absolute atomic E-state index is 0.0126. The number of hydrogen-bond donors (Lipinski definition) is 5. The summed E-state index contributed by atoms with van der Waals surface area (Å²) < 4.78 is 24.7. The van der Waals surface area contributed by atoms with E-state index in [-0.39, 0.29) is 24.0 Å². The number of nitrogens with one attached hydrogen (secondary N) is 5. The molecule has 61 heavy (non-hydrogen) atoms. The summed E-state index contributed by atoms with van der Waals surface area (Å²) in [7, 11) is 5.82. The Morgan fingerprint density at radius 2 is 1.64 bits per heavy atom. The first kappa shape index (κ1) is 42.3. The van der Waals surface area contributed by atoms with E-state index in [1.165, 1.54) is 100 Å². The molecule has 0 bridgehead atoms. The summed E-state index contributed by atoms with van der Waals surface area (Å²) in [5.74, 6) is 3.48. The molecular formula is C50H77N7O4. The third-order valence-corrected chi connectivity index (χ3v) is 17.3. The Kier molecular flexibility index (Phi) is 11.8. The summed E-state index contributed by atoms with van der Waals surface area (Å²) in [4.78, 5) is 5.45. The predicted octanol–water partition coefficient (Wildman–Crippen LogP) is 7.96. The van der Waals surface area contributed by atoms with Gasteiger partial charge in [0.25, 0.3) is 0 Å². The molecule has 8 unspecified atom stereocenters. The van der Waals surface area contributed by atoms with Crippen LogP contribution in [0.25, 0.3) is 0 Å². The van der Waals surface area contributed by atoms with Crippen molar-refractivity contribution < 1.29 is 18.9 Å². The van der Waals surface area contributed by atoms with Gasteiger partial charge in [0.2, 0.25) is 0 Å². The van der Waals surface area contributed by atoms with Gasteiger partial charge in [-0.15, -0.1) is 0 Å². The highest BCUT2D eigenvalue weighted by molar-refractivity contribution is 5.77. The molecule has 0 aromatic heterocycles. The van der Waals surface area contributed by atoms with Crippen LogP contribution in [0.4, 0.5) is 11.4 Å². The fraction of sp³-hybridized carbons (Fsp3) is 0.760. The maximum absolute atomic E-state index is 6.81. The van der Waals surface area contributed by atoms with Crippen LogP contribution in [0.2, 0.25) is 0 Å². The normalized spacial score (nSPS) is 36.5. The molecule has 3 saturated heterocycles. The Bertz CT molecular complexity index is 1840. The lowest BCUT2D eigenvalue weighted by Gasteiger charge is -2.45. The number of anilines is 2. The van der Waals surface area contributed by atoms with Gasteiger partial charge in [-0.3, -0.25) is 20.9 Å². The SMILES string of the molecule is COc1ccc(CNC2NCNC3C2CCN3C2CC(CN(C)C3CC(CCC4(C5CCCCCC5)Nc5ccc(C6(C)CCC6)cc5N4)C3)C3OC(C)(C)OC32)c(OC)c1. The summed E-state index contributed by atoms with van der Waals surface area (Å²) in [6, 6.07) is 14.4. The van der Waals surface area contributed by atoms with Crippen LogP contribution >= 0.6 is 0 Å². The van der Waals surface area contributed by atoms with Crippen LogP contribution in [0.3, 0.4) is 0 Å². The Morgan fingerprint density at radius 1 is 0.852 bits per heavy atom. The number of hydrogen-bond acceptors (Lipinski definition) is 11. The highest BCUT2D eigenvalue weighted by atomic mass is 16.8. The van der Waals surface area contributed by atoms with Crippen molar-refractivity contribution in [2.45, 2.75) is 177 Å². The number of benzene rings is 2. The quantitative estimate of drug-likeness (QED) is 0.120. The summed E-state index contributed by atoms with van der Waals surface area (Å²) in [5.41, 5.74) is 5.71. The van der Waals surface area contributed by atoms with E-state index in [0.29, 0.717) is 41.4 Å². The third kappa shape index (κ3) is 8.21. The van der Waals surface area contributed by atoms with E-state index in [2.05, 4.69) is 88.5 Å². The van der Waals surface area contributed by atoms with Crippen molar-refractivity contribution >= 4 is 11.4 Å². The molecule has 10 rings (SSSR count). The molecule has 8 aliphatic rings. The largest absolute Gasteiger partial charge is 0.497 e. The van der Waals surface area contributed by atoms with Gasteiger partial charge in [0.15, 0.2) is 5.79 Å². The Hall–Kier alpha value is -2.64. The summed E-state index contributed by atoms with van der Waals surface area (Å²) in [6.07, 6.45) is 20.3. The number of rotatable bonds is 14. The van der Waals surface area contributed by atoms with Gasteiger partial charge in [-0.1, -0.05) is 51.2 Å². The predicted molar refractivity (Wildman–Crippen MR) is 243 cm³/mol. The number of fused-ring (bicyclic) bond motifs is 3. The lowest BCUT2D eigenvalue weighted by molar-refractivity contribution is -0.165. The van der Waals surface area contributed by atoms with E-state index >= 15 is 0 Å². The maximum Gasteiger partial charge on any atom is 0.163 e. The highest BCUT2D eigenvalue weighted by Crippen LogP contribution is 2.51. The molecule has 7 fully saturated rings. The average molecular weight is 840 g/mol. The van der Waals surface area contributed by atoms with Gasteiger partial charge in [0, 0.05) is 67.8 Å². The summed E-state index contributed by atoms with van der Waals surface area (Å²) in [6.45, 7) is 10.3. The first-order valence-electron chi connectivity index (χ1n) is 24.5. The first-order valence-corrected chi connectivity index (χ1v) is 24.5. The van der Waals surface area contributed by atoms with E-state index in [0.717, 1.165) is 62.1 Å². The number of nitrogens with zero attached hydrogens (tertiary/aromatic N) is 2. The van der Waals surface area contributed by atoms with Gasteiger partial charge in [-0.2, -0.15) is 0 Å². The van der Waals surface area contributed by atoms with Crippen molar-refractivity contribution in [3.05, 3.63) is 47.5 Å². The second-order valence-corrected chi connectivity index (χ2v) is 21.4. The molecule has 2 aromatic carbocycles. The molecule has 8 atom stereocenters. The zero-order valence-electron chi connectivity index (χ0n) is 38.2. The van der Waals surface area contributed by atoms with Crippen molar-refractivity contribution in [3.63, 3.8) is 0 Å². The topological polar surface area (TPSA) is 104 Å². The van der Waals surface area contributed by atoms with Gasteiger partial charge < -0.3 is 34.5 Å². The average Bonchev–Trinajstić information content (AvgIpc) is 3.93. The van der Waals surface area contributed by atoms with Gasteiger partial charge in [0.1, 0.15) is 23.3 Å². The zero-order chi connectivity index (χ0) is 41.9. The number of methoxy groups -OCH3 is 2. The molecular weight excluding hydrogens is 763 g/mol. The molecule has 336 valence electrons. The van der Waals surface area contributed by atoms with Gasteiger partial charge in [0.05, 0.1) is 44.0 Å². The monoisotopic (exact) mass is 840 g/mol. The Labute approximate surface area is 366 Å². The molecule has 5 N–H and O–H groups in total. The lowest BCUT2D eigenvalue weighted by atomic mass is 9.66. The molecule has 4 heterocycles. The van der Waals surface area contributed by atoms with Crippen LogP contribution in [-0.2, 0) is 21.4 Å². The molecule has 11 heteroatoms. The minimum Gasteiger partial charge on any atom is -0.497 e. The van der Waals surface area contributed by atoms with Crippen molar-refractivity contribution in [2.75, 3.05) is 51.7 Å². The smallest absolute Gasteiger partial charge is 0.163 e. The van der Waals surface area contributed by atoms with Crippen LogP contribution in [0.15, 0.2) is 36.4 Å². The fourth-order valence-corrected chi connectivity index (χ4v) is 13.4. The van der Waals surface area contributed by atoms with Crippen molar-refractivity contribution in [3.8, 4) is 11.5 Å². The molecule has 11 nitrogen and oxygen atoms in total.